The number of aliphatic carboxylic acids is 1. The van der Waals surface area contributed by atoms with Crippen LogP contribution in [0, 0.1) is 0 Å². The topological polar surface area (TPSA) is 101 Å². The summed E-state index contributed by atoms with van der Waals surface area (Å²) >= 11 is 6.04. The highest BCUT2D eigenvalue weighted by molar-refractivity contribution is 6.30. The van der Waals surface area contributed by atoms with Gasteiger partial charge in [-0.25, -0.2) is 4.79 Å². The Labute approximate surface area is 281 Å². The molecule has 254 valence electrons. The van der Waals surface area contributed by atoms with Gasteiger partial charge in [-0.05, 0) is 79.7 Å². The van der Waals surface area contributed by atoms with Crippen LogP contribution in [0.3, 0.4) is 0 Å². The van der Waals surface area contributed by atoms with E-state index in [0.29, 0.717) is 42.3 Å². The molecule has 0 saturated heterocycles. The molecule has 1 unspecified atom stereocenters. The van der Waals surface area contributed by atoms with Gasteiger partial charge in [0.2, 0.25) is 5.91 Å². The molecule has 5 rings (SSSR count). The van der Waals surface area contributed by atoms with Crippen LogP contribution < -0.4 is 4.90 Å². The maximum absolute atomic E-state index is 13.8. The molecule has 0 spiro atoms. The van der Waals surface area contributed by atoms with Gasteiger partial charge in [0.05, 0.1) is 6.54 Å². The third-order valence-electron chi connectivity index (χ3n) is 8.05. The van der Waals surface area contributed by atoms with Crippen molar-refractivity contribution in [2.75, 3.05) is 38.6 Å². The summed E-state index contributed by atoms with van der Waals surface area (Å²) in [5, 5.41) is 7.67. The highest BCUT2D eigenvalue weighted by Crippen LogP contribution is 2.33. The standard InChI is InChI=1S/C33H35ClN4O3.C2HF3O2/c1-4-29(35(2)3)26-11-12-27-21-37(33(41)25-13-15-28(34)16-14-25)22-31(39)38(30(27)19-26)20-23-7-9-24(10-8-23)32(40)36-17-5-6-18-36;3-2(4,5)1(6)7/h5-16,19,29H,4,17-18,20-22H2,1-3H3;(H,6,7). The molecule has 0 radical (unpaired) electrons. The molecular formula is C35H36ClF3N4O5. The molecule has 3 aromatic carbocycles. The maximum atomic E-state index is 13.8. The van der Waals surface area contributed by atoms with Crippen LogP contribution in [0.5, 0.6) is 0 Å². The van der Waals surface area contributed by atoms with Crippen LogP contribution in [0.1, 0.15) is 56.8 Å². The summed E-state index contributed by atoms with van der Waals surface area (Å²) in [5.41, 5.74) is 4.85. The summed E-state index contributed by atoms with van der Waals surface area (Å²) < 4.78 is 31.7. The second-order valence-electron chi connectivity index (χ2n) is 11.6. The maximum Gasteiger partial charge on any atom is 0.490 e. The van der Waals surface area contributed by atoms with E-state index in [1.54, 1.807) is 39.0 Å². The molecule has 1 atom stereocenters. The molecular weight excluding hydrogens is 649 g/mol. The van der Waals surface area contributed by atoms with Gasteiger partial charge in [-0.3, -0.25) is 14.4 Å². The first kappa shape index (κ1) is 36.2. The molecule has 0 fully saturated rings. The Morgan fingerprint density at radius 3 is 1.94 bits per heavy atom. The molecule has 3 amide bonds. The van der Waals surface area contributed by atoms with Crippen molar-refractivity contribution in [2.45, 2.75) is 38.7 Å². The summed E-state index contributed by atoms with van der Waals surface area (Å²) in [6.07, 6.45) is -0.185. The Morgan fingerprint density at radius 2 is 1.42 bits per heavy atom. The number of alkyl halides is 3. The Kier molecular flexibility index (Phi) is 11.7. The number of hydrogen-bond acceptors (Lipinski definition) is 5. The van der Waals surface area contributed by atoms with Crippen molar-refractivity contribution in [1.82, 2.24) is 14.7 Å². The quantitative estimate of drug-likeness (QED) is 0.298. The minimum Gasteiger partial charge on any atom is -0.475 e. The van der Waals surface area contributed by atoms with Crippen molar-refractivity contribution in [2.24, 2.45) is 0 Å². The number of halogens is 4. The zero-order valence-corrected chi connectivity index (χ0v) is 27.5. The zero-order chi connectivity index (χ0) is 35.2. The van der Waals surface area contributed by atoms with E-state index in [1.807, 2.05) is 42.5 Å². The first-order valence-electron chi connectivity index (χ1n) is 15.2. The lowest BCUT2D eigenvalue weighted by atomic mass is 9.99. The van der Waals surface area contributed by atoms with E-state index in [0.717, 1.165) is 28.8 Å². The summed E-state index contributed by atoms with van der Waals surface area (Å²) in [7, 11) is 4.10. The van der Waals surface area contributed by atoms with Crippen LogP contribution in [0.2, 0.25) is 5.02 Å². The molecule has 0 bridgehead atoms. The number of anilines is 1. The molecule has 48 heavy (non-hydrogen) atoms. The van der Waals surface area contributed by atoms with Crippen molar-refractivity contribution in [3.8, 4) is 0 Å². The first-order valence-corrected chi connectivity index (χ1v) is 15.5. The normalized spacial score (nSPS) is 15.1. The Balaban J connectivity index is 0.000000671. The Morgan fingerprint density at radius 1 is 0.875 bits per heavy atom. The number of rotatable bonds is 7. The number of carbonyl (C=O) groups excluding carboxylic acids is 3. The fourth-order valence-electron chi connectivity index (χ4n) is 5.57. The molecule has 0 aromatic heterocycles. The van der Waals surface area contributed by atoms with Gasteiger partial charge in [0.1, 0.15) is 6.54 Å². The second-order valence-corrected chi connectivity index (χ2v) is 12.0. The number of benzene rings is 3. The first-order chi connectivity index (χ1) is 22.7. The fourth-order valence-corrected chi connectivity index (χ4v) is 5.70. The number of amides is 3. The summed E-state index contributed by atoms with van der Waals surface area (Å²) in [4.78, 5) is 56.3. The highest BCUT2D eigenvalue weighted by Gasteiger charge is 2.38. The SMILES string of the molecule is CCC(c1ccc2c(c1)N(Cc1ccc(C(=O)N3CC=CC3)cc1)C(=O)CN(C(=O)c1ccc(Cl)cc1)C2)N(C)C.O=C(O)C(F)(F)F. The molecule has 13 heteroatoms. The van der Waals surface area contributed by atoms with Gasteiger partial charge in [0, 0.05) is 47.5 Å². The molecule has 2 aliphatic heterocycles. The van der Waals surface area contributed by atoms with Crippen molar-refractivity contribution < 1.29 is 37.5 Å². The summed E-state index contributed by atoms with van der Waals surface area (Å²) in [6.45, 7) is 3.99. The number of hydrogen-bond donors (Lipinski definition) is 1. The van der Waals surface area contributed by atoms with E-state index in [1.165, 1.54) is 0 Å². The number of carbonyl (C=O) groups is 4. The second kappa shape index (κ2) is 15.5. The van der Waals surface area contributed by atoms with Crippen molar-refractivity contribution in [1.29, 1.82) is 0 Å². The van der Waals surface area contributed by atoms with Crippen molar-refractivity contribution in [3.63, 3.8) is 0 Å². The van der Waals surface area contributed by atoms with E-state index >= 15 is 0 Å². The highest BCUT2D eigenvalue weighted by atomic mass is 35.5. The van der Waals surface area contributed by atoms with Gasteiger partial charge in [-0.15, -0.1) is 0 Å². The molecule has 2 heterocycles. The van der Waals surface area contributed by atoms with Crippen LogP contribution >= 0.6 is 11.6 Å². The van der Waals surface area contributed by atoms with E-state index in [2.05, 4.69) is 38.1 Å². The van der Waals surface area contributed by atoms with E-state index in [-0.39, 0.29) is 30.3 Å². The van der Waals surface area contributed by atoms with Gasteiger partial charge in [-0.2, -0.15) is 13.2 Å². The van der Waals surface area contributed by atoms with Crippen LogP contribution in [0.4, 0.5) is 18.9 Å². The predicted octanol–water partition coefficient (Wildman–Crippen LogP) is 6.19. The van der Waals surface area contributed by atoms with Crippen LogP contribution in [0.15, 0.2) is 78.9 Å². The largest absolute Gasteiger partial charge is 0.490 e. The number of carboxylic acid groups (broad SMARTS) is 1. The monoisotopic (exact) mass is 684 g/mol. The molecule has 3 aromatic rings. The van der Waals surface area contributed by atoms with Crippen molar-refractivity contribution >= 4 is 41.0 Å². The van der Waals surface area contributed by atoms with Gasteiger partial charge in [-0.1, -0.05) is 54.9 Å². The minimum atomic E-state index is -5.08. The van der Waals surface area contributed by atoms with E-state index in [9.17, 15) is 27.6 Å². The molecule has 1 N–H and O–H groups in total. The lowest BCUT2D eigenvalue weighted by molar-refractivity contribution is -0.192. The number of nitrogens with zero attached hydrogens (tertiary/aromatic N) is 4. The average Bonchev–Trinajstić information content (AvgIpc) is 3.55. The van der Waals surface area contributed by atoms with Crippen LogP contribution in [0.25, 0.3) is 0 Å². The number of fused-ring (bicyclic) bond motifs is 1. The summed E-state index contributed by atoms with van der Waals surface area (Å²) in [5.74, 6) is -3.14. The minimum absolute atomic E-state index is 0.00645. The Bertz CT molecular complexity index is 1670. The molecule has 2 aliphatic rings. The lowest BCUT2D eigenvalue weighted by Gasteiger charge is -2.27. The van der Waals surface area contributed by atoms with E-state index < -0.39 is 12.1 Å². The zero-order valence-electron chi connectivity index (χ0n) is 26.7. The molecule has 9 nitrogen and oxygen atoms in total. The smallest absolute Gasteiger partial charge is 0.475 e. The van der Waals surface area contributed by atoms with Gasteiger partial charge >= 0.3 is 12.1 Å². The van der Waals surface area contributed by atoms with Crippen molar-refractivity contribution in [3.05, 3.63) is 112 Å². The third-order valence-corrected chi connectivity index (χ3v) is 8.30. The fraction of sp³-hybridized carbons (Fsp3) is 0.314. The summed E-state index contributed by atoms with van der Waals surface area (Å²) in [6, 6.07) is 20.6. The predicted molar refractivity (Wildman–Crippen MR) is 176 cm³/mol. The van der Waals surface area contributed by atoms with Crippen LogP contribution in [-0.4, -0.2) is 83.4 Å². The van der Waals surface area contributed by atoms with E-state index in [4.69, 9.17) is 21.5 Å². The lowest BCUT2D eigenvalue weighted by Crippen LogP contribution is -2.39. The average molecular weight is 685 g/mol. The Hall–Kier alpha value is -4.68. The molecule has 0 aliphatic carbocycles. The molecule has 0 saturated carbocycles. The van der Waals surface area contributed by atoms with Crippen LogP contribution in [-0.2, 0) is 22.7 Å². The van der Waals surface area contributed by atoms with Gasteiger partial charge in [0.15, 0.2) is 0 Å². The van der Waals surface area contributed by atoms with Gasteiger partial charge < -0.3 is 24.7 Å². The number of carboxylic acids is 1. The third kappa shape index (κ3) is 8.81. The van der Waals surface area contributed by atoms with Gasteiger partial charge in [0.25, 0.3) is 11.8 Å².